The third-order valence-corrected chi connectivity index (χ3v) is 3.00. The van der Waals surface area contributed by atoms with Crippen LogP contribution in [0.15, 0.2) is 30.3 Å². The minimum atomic E-state index is -3.47. The highest BCUT2D eigenvalue weighted by Crippen LogP contribution is 2.15. The molecule has 0 fully saturated rings. The van der Waals surface area contributed by atoms with Gasteiger partial charge in [0, 0.05) is 11.1 Å². The molecule has 5 heteroatoms. The first-order valence-corrected chi connectivity index (χ1v) is 6.52. The summed E-state index contributed by atoms with van der Waals surface area (Å²) in [6, 6.07) is 9.15. The first kappa shape index (κ1) is 11.0. The summed E-state index contributed by atoms with van der Waals surface area (Å²) in [6.07, 6.45) is 0. The Kier molecular flexibility index (Phi) is 2.65. The molecule has 1 aromatic heterocycles. The van der Waals surface area contributed by atoms with E-state index in [1.807, 2.05) is 25.1 Å². The van der Waals surface area contributed by atoms with E-state index < -0.39 is 10.0 Å². The summed E-state index contributed by atoms with van der Waals surface area (Å²) < 4.78 is 21.9. The number of aromatic nitrogens is 1. The number of hydrogen-bond acceptors (Lipinski definition) is 3. The van der Waals surface area contributed by atoms with Crippen LogP contribution in [0.3, 0.4) is 0 Å². The Hall–Kier alpha value is -1.46. The van der Waals surface area contributed by atoms with E-state index in [1.165, 1.54) is 0 Å². The number of nitrogens with zero attached hydrogens (tertiary/aromatic N) is 1. The largest absolute Gasteiger partial charge is 0.253 e. The van der Waals surface area contributed by atoms with Crippen molar-refractivity contribution in [3.63, 3.8) is 0 Å². The van der Waals surface area contributed by atoms with Crippen LogP contribution in [0.25, 0.3) is 10.9 Å². The van der Waals surface area contributed by atoms with E-state index in [2.05, 4.69) is 4.98 Å². The number of pyridine rings is 1. The highest BCUT2D eigenvalue weighted by Gasteiger charge is 2.05. The average molecular weight is 236 g/mol. The minimum Gasteiger partial charge on any atom is -0.253 e. The van der Waals surface area contributed by atoms with Gasteiger partial charge in [-0.25, -0.2) is 13.6 Å². The monoisotopic (exact) mass is 236 g/mol. The second-order valence-electron chi connectivity index (χ2n) is 3.79. The third-order valence-electron chi connectivity index (χ3n) is 2.26. The standard InChI is InChI=1S/C11H12N2O2S/c1-8-2-4-10-6-9(7-16(12,14)15)3-5-11(10)13-8/h2-6H,7H2,1H3,(H2,12,14,15). The van der Waals surface area contributed by atoms with Crippen molar-refractivity contribution in [2.75, 3.05) is 0 Å². The van der Waals surface area contributed by atoms with E-state index in [9.17, 15) is 8.42 Å². The smallest absolute Gasteiger partial charge is 0.213 e. The minimum absolute atomic E-state index is 0.142. The number of sulfonamides is 1. The molecule has 0 saturated carbocycles. The van der Waals surface area contributed by atoms with Crippen LogP contribution in [0.4, 0.5) is 0 Å². The van der Waals surface area contributed by atoms with Gasteiger partial charge in [-0.05, 0) is 30.7 Å². The molecule has 0 radical (unpaired) electrons. The molecule has 2 aromatic rings. The molecule has 0 amide bonds. The lowest BCUT2D eigenvalue weighted by molar-refractivity contribution is 0.597. The lowest BCUT2D eigenvalue weighted by Crippen LogP contribution is -2.14. The van der Waals surface area contributed by atoms with Crippen molar-refractivity contribution in [1.82, 2.24) is 4.98 Å². The molecular formula is C11H12N2O2S. The van der Waals surface area contributed by atoms with Gasteiger partial charge in [-0.3, -0.25) is 4.98 Å². The Balaban J connectivity index is 2.49. The highest BCUT2D eigenvalue weighted by molar-refractivity contribution is 7.88. The first-order chi connectivity index (χ1) is 7.44. The van der Waals surface area contributed by atoms with Gasteiger partial charge in [-0.1, -0.05) is 12.1 Å². The number of aryl methyl sites for hydroxylation is 1. The molecule has 0 unspecified atom stereocenters. The molecular weight excluding hydrogens is 224 g/mol. The van der Waals surface area contributed by atoms with Crippen molar-refractivity contribution in [1.29, 1.82) is 0 Å². The molecule has 2 N–H and O–H groups in total. The SMILES string of the molecule is Cc1ccc2cc(CS(N)(=O)=O)ccc2n1. The molecule has 16 heavy (non-hydrogen) atoms. The van der Waals surface area contributed by atoms with E-state index >= 15 is 0 Å². The Labute approximate surface area is 94.2 Å². The quantitative estimate of drug-likeness (QED) is 0.855. The molecule has 0 spiro atoms. The molecule has 4 nitrogen and oxygen atoms in total. The van der Waals surface area contributed by atoms with Gasteiger partial charge in [-0.2, -0.15) is 0 Å². The fraction of sp³-hybridized carbons (Fsp3) is 0.182. The lowest BCUT2D eigenvalue weighted by Gasteiger charge is -2.02. The van der Waals surface area contributed by atoms with Crippen molar-refractivity contribution in [3.05, 3.63) is 41.6 Å². The van der Waals surface area contributed by atoms with Crippen LogP contribution in [0.1, 0.15) is 11.3 Å². The third kappa shape index (κ3) is 2.56. The predicted molar refractivity (Wildman–Crippen MR) is 63.3 cm³/mol. The molecule has 0 bridgehead atoms. The number of hydrogen-bond donors (Lipinski definition) is 1. The van der Waals surface area contributed by atoms with Crippen LogP contribution in [0.2, 0.25) is 0 Å². The molecule has 84 valence electrons. The zero-order chi connectivity index (χ0) is 11.8. The first-order valence-electron chi connectivity index (χ1n) is 4.81. The summed E-state index contributed by atoms with van der Waals surface area (Å²) in [4.78, 5) is 4.33. The van der Waals surface area contributed by atoms with Gasteiger partial charge in [-0.15, -0.1) is 0 Å². The van der Waals surface area contributed by atoms with Gasteiger partial charge in [0.25, 0.3) is 0 Å². The van der Waals surface area contributed by atoms with Crippen molar-refractivity contribution < 1.29 is 8.42 Å². The van der Waals surface area contributed by atoms with Crippen LogP contribution >= 0.6 is 0 Å². The molecule has 2 rings (SSSR count). The number of primary sulfonamides is 1. The maximum absolute atomic E-state index is 11.0. The second kappa shape index (κ2) is 3.84. The Morgan fingerprint density at radius 2 is 2.00 bits per heavy atom. The van der Waals surface area contributed by atoms with Gasteiger partial charge < -0.3 is 0 Å². The summed E-state index contributed by atoms with van der Waals surface area (Å²) in [7, 11) is -3.47. The fourth-order valence-corrected chi connectivity index (χ4v) is 2.24. The molecule has 0 aliphatic carbocycles. The number of fused-ring (bicyclic) bond motifs is 1. The van der Waals surface area contributed by atoms with E-state index in [0.717, 1.165) is 16.6 Å². The van der Waals surface area contributed by atoms with Crippen LogP contribution < -0.4 is 5.14 Å². The molecule has 1 heterocycles. The van der Waals surface area contributed by atoms with Crippen LogP contribution in [-0.4, -0.2) is 13.4 Å². The Morgan fingerprint density at radius 1 is 1.25 bits per heavy atom. The fourth-order valence-electron chi connectivity index (χ4n) is 1.60. The maximum atomic E-state index is 11.0. The van der Waals surface area contributed by atoms with Gasteiger partial charge in [0.05, 0.1) is 11.3 Å². The van der Waals surface area contributed by atoms with Crippen molar-refractivity contribution in [2.24, 2.45) is 5.14 Å². The highest BCUT2D eigenvalue weighted by atomic mass is 32.2. The second-order valence-corrected chi connectivity index (χ2v) is 5.40. The van der Waals surface area contributed by atoms with Crippen LogP contribution in [0, 0.1) is 6.92 Å². The van der Waals surface area contributed by atoms with Gasteiger partial charge in [0.1, 0.15) is 0 Å². The van der Waals surface area contributed by atoms with Gasteiger partial charge in [0.2, 0.25) is 10.0 Å². The Morgan fingerprint density at radius 3 is 2.69 bits per heavy atom. The van der Waals surface area contributed by atoms with Gasteiger partial charge >= 0.3 is 0 Å². The molecule has 0 atom stereocenters. The van der Waals surface area contributed by atoms with E-state index in [4.69, 9.17) is 5.14 Å². The molecule has 1 aromatic carbocycles. The summed E-state index contributed by atoms with van der Waals surface area (Å²) in [6.45, 7) is 1.91. The zero-order valence-corrected chi connectivity index (χ0v) is 9.66. The normalized spacial score (nSPS) is 11.9. The zero-order valence-electron chi connectivity index (χ0n) is 8.84. The van der Waals surface area contributed by atoms with Crippen LogP contribution in [-0.2, 0) is 15.8 Å². The topological polar surface area (TPSA) is 73.1 Å². The van der Waals surface area contributed by atoms with Crippen LogP contribution in [0.5, 0.6) is 0 Å². The number of benzene rings is 1. The van der Waals surface area contributed by atoms with Crippen molar-refractivity contribution >= 4 is 20.9 Å². The maximum Gasteiger partial charge on any atom is 0.213 e. The van der Waals surface area contributed by atoms with E-state index in [-0.39, 0.29) is 5.75 Å². The Bertz CT molecular complexity index is 635. The van der Waals surface area contributed by atoms with Crippen molar-refractivity contribution in [3.8, 4) is 0 Å². The van der Waals surface area contributed by atoms with E-state index in [0.29, 0.717) is 5.56 Å². The summed E-state index contributed by atoms with van der Waals surface area (Å²) in [5.41, 5.74) is 2.48. The summed E-state index contributed by atoms with van der Waals surface area (Å²) in [5, 5.41) is 5.92. The average Bonchev–Trinajstić information content (AvgIpc) is 2.16. The lowest BCUT2D eigenvalue weighted by atomic mass is 10.1. The van der Waals surface area contributed by atoms with E-state index in [1.54, 1.807) is 12.1 Å². The van der Waals surface area contributed by atoms with Crippen molar-refractivity contribution in [2.45, 2.75) is 12.7 Å². The van der Waals surface area contributed by atoms with Gasteiger partial charge in [0.15, 0.2) is 0 Å². The number of rotatable bonds is 2. The summed E-state index contributed by atoms with van der Waals surface area (Å²) in [5.74, 6) is -0.142. The molecule has 0 aliphatic rings. The predicted octanol–water partition coefficient (Wildman–Crippen LogP) is 1.33. The summed E-state index contributed by atoms with van der Waals surface area (Å²) >= 11 is 0. The molecule has 0 aliphatic heterocycles. The molecule has 0 saturated heterocycles. The number of nitrogens with two attached hydrogens (primary N) is 1.